The lowest BCUT2D eigenvalue weighted by atomic mass is 10.0. The molecular formula is C16H17NO5S. The number of nitro benzene ring substituents is 1. The summed E-state index contributed by atoms with van der Waals surface area (Å²) in [5, 5.41) is 11.0. The fourth-order valence-corrected chi connectivity index (χ4v) is 3.23. The van der Waals surface area contributed by atoms with Crippen LogP contribution in [-0.2, 0) is 10.1 Å². The molecule has 0 aliphatic rings. The first-order valence-corrected chi connectivity index (χ1v) is 8.41. The Kier molecular flexibility index (Phi) is 4.70. The van der Waals surface area contributed by atoms with E-state index in [0.29, 0.717) is 0 Å². The third-order valence-corrected chi connectivity index (χ3v) is 4.57. The van der Waals surface area contributed by atoms with E-state index in [2.05, 4.69) is 0 Å². The van der Waals surface area contributed by atoms with Crippen molar-refractivity contribution >= 4 is 15.8 Å². The van der Waals surface area contributed by atoms with Gasteiger partial charge in [0.2, 0.25) is 0 Å². The van der Waals surface area contributed by atoms with Crippen molar-refractivity contribution < 1.29 is 17.5 Å². The lowest BCUT2D eigenvalue weighted by Gasteiger charge is -2.12. The van der Waals surface area contributed by atoms with E-state index < -0.39 is 25.6 Å². The smallest absolute Gasteiger partial charge is 0.346 e. The molecule has 23 heavy (non-hydrogen) atoms. The summed E-state index contributed by atoms with van der Waals surface area (Å²) in [7, 11) is -4.29. The van der Waals surface area contributed by atoms with Crippen LogP contribution in [0.2, 0.25) is 0 Å². The van der Waals surface area contributed by atoms with Gasteiger partial charge in [0.05, 0.1) is 4.92 Å². The minimum atomic E-state index is -4.29. The first-order chi connectivity index (χ1) is 10.7. The van der Waals surface area contributed by atoms with E-state index in [-0.39, 0.29) is 11.7 Å². The molecule has 0 radical (unpaired) electrons. The van der Waals surface area contributed by atoms with Crippen LogP contribution in [0.15, 0.2) is 47.4 Å². The highest BCUT2D eigenvalue weighted by atomic mass is 32.2. The Hall–Kier alpha value is -2.41. The summed E-state index contributed by atoms with van der Waals surface area (Å²) in [6.07, 6.45) is 0. The van der Waals surface area contributed by atoms with Gasteiger partial charge in [-0.3, -0.25) is 10.1 Å². The van der Waals surface area contributed by atoms with Gasteiger partial charge in [0.1, 0.15) is 5.75 Å². The predicted molar refractivity (Wildman–Crippen MR) is 86.2 cm³/mol. The summed E-state index contributed by atoms with van der Waals surface area (Å²) < 4.78 is 29.9. The third-order valence-electron chi connectivity index (χ3n) is 3.28. The molecule has 2 rings (SSSR count). The zero-order valence-corrected chi connectivity index (χ0v) is 13.8. The average Bonchev–Trinajstić information content (AvgIpc) is 2.46. The van der Waals surface area contributed by atoms with Gasteiger partial charge >= 0.3 is 10.1 Å². The van der Waals surface area contributed by atoms with Crippen molar-refractivity contribution in [2.75, 3.05) is 0 Å². The summed E-state index contributed by atoms with van der Waals surface area (Å²) >= 11 is 0. The van der Waals surface area contributed by atoms with Gasteiger partial charge in [-0.05, 0) is 42.2 Å². The van der Waals surface area contributed by atoms with Crippen LogP contribution in [0.1, 0.15) is 30.9 Å². The molecule has 0 aromatic heterocycles. The number of nitrogens with zero attached hydrogens (tertiary/aromatic N) is 1. The molecule has 0 saturated heterocycles. The van der Waals surface area contributed by atoms with Gasteiger partial charge in [0.25, 0.3) is 5.69 Å². The lowest BCUT2D eigenvalue weighted by Crippen LogP contribution is -2.12. The van der Waals surface area contributed by atoms with E-state index in [0.717, 1.165) is 23.3 Å². The molecule has 0 aliphatic heterocycles. The maximum Gasteiger partial charge on any atom is 0.346 e. The van der Waals surface area contributed by atoms with Gasteiger partial charge in [-0.15, -0.1) is 0 Å². The van der Waals surface area contributed by atoms with Gasteiger partial charge in [0, 0.05) is 6.07 Å². The maximum absolute atomic E-state index is 12.4. The van der Waals surface area contributed by atoms with Gasteiger partial charge in [-0.25, -0.2) is 0 Å². The summed E-state index contributed by atoms with van der Waals surface area (Å²) in [5.41, 5.74) is 1.27. The number of rotatable bonds is 5. The molecular weight excluding hydrogens is 318 g/mol. The Balaban J connectivity index is 2.46. The predicted octanol–water partition coefficient (Wildman–Crippen LogP) is 3.79. The Morgan fingerprint density at radius 1 is 1.13 bits per heavy atom. The molecule has 2 aromatic carbocycles. The second-order valence-corrected chi connectivity index (χ2v) is 7.01. The fourth-order valence-electron chi connectivity index (χ4n) is 2.15. The molecule has 122 valence electrons. The number of benzene rings is 2. The highest BCUT2D eigenvalue weighted by Crippen LogP contribution is 2.29. The number of aryl methyl sites for hydroxylation is 1. The average molecular weight is 335 g/mol. The molecule has 0 unspecified atom stereocenters. The number of hydrogen-bond acceptors (Lipinski definition) is 5. The van der Waals surface area contributed by atoms with E-state index in [1.54, 1.807) is 12.1 Å². The summed E-state index contributed by atoms with van der Waals surface area (Å²) in [5.74, 6) is 0.345. The zero-order valence-electron chi connectivity index (χ0n) is 13.0. The molecule has 0 saturated carbocycles. The van der Waals surface area contributed by atoms with Crippen LogP contribution >= 0.6 is 0 Å². The molecule has 0 N–H and O–H groups in total. The van der Waals surface area contributed by atoms with Gasteiger partial charge in [-0.1, -0.05) is 32.0 Å². The van der Waals surface area contributed by atoms with Crippen LogP contribution in [0.3, 0.4) is 0 Å². The number of hydrogen-bond donors (Lipinski definition) is 0. The topological polar surface area (TPSA) is 86.5 Å². The molecule has 0 heterocycles. The van der Waals surface area contributed by atoms with Crippen molar-refractivity contribution in [3.8, 4) is 5.75 Å². The SMILES string of the molecule is Cc1cc(OS(=O)(=O)c2ccccc2[N+](=O)[O-])cc(C(C)C)c1. The van der Waals surface area contributed by atoms with E-state index in [9.17, 15) is 18.5 Å². The van der Waals surface area contributed by atoms with Crippen molar-refractivity contribution in [2.45, 2.75) is 31.6 Å². The molecule has 7 heteroatoms. The first kappa shape index (κ1) is 17.0. The van der Waals surface area contributed by atoms with Gasteiger partial charge in [-0.2, -0.15) is 8.42 Å². The van der Waals surface area contributed by atoms with Crippen LogP contribution in [-0.4, -0.2) is 13.3 Å². The third kappa shape index (κ3) is 3.87. The molecule has 0 fully saturated rings. The molecule has 0 aliphatic carbocycles. The standard InChI is InChI=1S/C16H17NO5S/c1-11(2)13-8-12(3)9-14(10-13)22-23(20,21)16-7-5-4-6-15(16)17(18)19/h4-11H,1-3H3. The minimum Gasteiger partial charge on any atom is -0.379 e. The summed E-state index contributed by atoms with van der Waals surface area (Å²) in [6, 6.07) is 10.3. The minimum absolute atomic E-state index is 0.145. The molecule has 0 bridgehead atoms. The van der Waals surface area contributed by atoms with E-state index in [4.69, 9.17) is 4.18 Å². The normalized spacial score (nSPS) is 11.5. The summed E-state index contributed by atoms with van der Waals surface area (Å²) in [6.45, 7) is 5.79. The first-order valence-electron chi connectivity index (χ1n) is 7.00. The Morgan fingerprint density at radius 3 is 2.39 bits per heavy atom. The van der Waals surface area contributed by atoms with Crippen LogP contribution in [0.25, 0.3) is 0 Å². The summed E-state index contributed by atoms with van der Waals surface area (Å²) in [4.78, 5) is 9.80. The zero-order chi connectivity index (χ0) is 17.2. The van der Waals surface area contributed by atoms with E-state index in [1.807, 2.05) is 26.8 Å². The fraction of sp³-hybridized carbons (Fsp3) is 0.250. The maximum atomic E-state index is 12.4. The van der Waals surface area contributed by atoms with Crippen molar-refractivity contribution in [3.05, 3.63) is 63.7 Å². The quantitative estimate of drug-likeness (QED) is 0.471. The monoisotopic (exact) mass is 335 g/mol. The largest absolute Gasteiger partial charge is 0.379 e. The molecule has 6 nitrogen and oxygen atoms in total. The number of para-hydroxylation sites is 1. The van der Waals surface area contributed by atoms with Crippen LogP contribution < -0.4 is 4.18 Å². The number of nitro groups is 1. The molecule has 0 atom stereocenters. The molecule has 2 aromatic rings. The van der Waals surface area contributed by atoms with Crippen molar-refractivity contribution in [2.24, 2.45) is 0 Å². The van der Waals surface area contributed by atoms with Crippen molar-refractivity contribution in [3.63, 3.8) is 0 Å². The molecule has 0 amide bonds. The lowest BCUT2D eigenvalue weighted by molar-refractivity contribution is -0.387. The highest BCUT2D eigenvalue weighted by molar-refractivity contribution is 7.87. The second-order valence-electron chi connectivity index (χ2n) is 5.50. The highest BCUT2D eigenvalue weighted by Gasteiger charge is 2.27. The Morgan fingerprint density at radius 2 is 1.78 bits per heavy atom. The van der Waals surface area contributed by atoms with Crippen LogP contribution in [0, 0.1) is 17.0 Å². The van der Waals surface area contributed by atoms with E-state index >= 15 is 0 Å². The van der Waals surface area contributed by atoms with Crippen molar-refractivity contribution in [1.29, 1.82) is 0 Å². The Labute approximate surface area is 135 Å². The molecule has 0 spiro atoms. The van der Waals surface area contributed by atoms with Crippen LogP contribution in [0.4, 0.5) is 5.69 Å². The van der Waals surface area contributed by atoms with Crippen LogP contribution in [0.5, 0.6) is 5.75 Å². The van der Waals surface area contributed by atoms with Crippen molar-refractivity contribution in [1.82, 2.24) is 0 Å². The van der Waals surface area contributed by atoms with Gasteiger partial charge < -0.3 is 4.18 Å². The van der Waals surface area contributed by atoms with E-state index in [1.165, 1.54) is 12.1 Å². The Bertz CT molecular complexity index is 843. The second kappa shape index (κ2) is 6.37. The van der Waals surface area contributed by atoms with Gasteiger partial charge in [0.15, 0.2) is 4.90 Å².